The molecular weight excluding hydrogens is 304 g/mol. The van der Waals surface area contributed by atoms with Crippen LogP contribution < -0.4 is 0 Å². The van der Waals surface area contributed by atoms with Gasteiger partial charge in [0, 0.05) is 11.8 Å². The summed E-state index contributed by atoms with van der Waals surface area (Å²) in [5.41, 5.74) is -1.27. The third-order valence-corrected chi connectivity index (χ3v) is 8.94. The number of fused-ring (bicyclic) bond motifs is 3. The van der Waals surface area contributed by atoms with Crippen LogP contribution in [0, 0.1) is 39.9 Å². The van der Waals surface area contributed by atoms with Crippen LogP contribution in [0.5, 0.6) is 0 Å². The predicted octanol–water partition coefficient (Wildman–Crippen LogP) is 2.15. The van der Waals surface area contributed by atoms with Crippen molar-refractivity contribution in [3.05, 3.63) is 0 Å². The van der Waals surface area contributed by atoms with E-state index in [-0.39, 0.29) is 46.4 Å². The van der Waals surface area contributed by atoms with Crippen molar-refractivity contribution in [2.24, 2.45) is 39.9 Å². The van der Waals surface area contributed by atoms with Crippen molar-refractivity contribution < 1.29 is 20.1 Å². The summed E-state index contributed by atoms with van der Waals surface area (Å²) in [6.45, 7) is 8.36. The van der Waals surface area contributed by atoms with Crippen LogP contribution in [0.3, 0.4) is 0 Å². The van der Waals surface area contributed by atoms with Crippen LogP contribution in [-0.2, 0) is 4.79 Å². The zero-order valence-corrected chi connectivity index (χ0v) is 15.3. The SMILES string of the molecule is C[C@H]1C(=O)[C@]23C[C@H]1C[C@H](O)[C@H]2[C@]1(C)CC[C@@H](O)C(C)(C)[C@H]1C[C@H]3O. The highest BCUT2D eigenvalue weighted by molar-refractivity contribution is 5.91. The van der Waals surface area contributed by atoms with Crippen LogP contribution >= 0.6 is 0 Å². The average Bonchev–Trinajstić information content (AvgIpc) is 2.70. The lowest BCUT2D eigenvalue weighted by molar-refractivity contribution is -0.238. The van der Waals surface area contributed by atoms with Crippen molar-refractivity contribution in [3.63, 3.8) is 0 Å². The quantitative estimate of drug-likeness (QED) is 0.633. The van der Waals surface area contributed by atoms with Gasteiger partial charge in [-0.05, 0) is 54.8 Å². The molecule has 24 heavy (non-hydrogen) atoms. The number of hydrogen-bond acceptors (Lipinski definition) is 4. The molecule has 3 N–H and O–H groups in total. The Kier molecular flexibility index (Phi) is 3.42. The minimum absolute atomic E-state index is 0.0540. The van der Waals surface area contributed by atoms with Gasteiger partial charge in [0.15, 0.2) is 0 Å². The molecule has 2 bridgehead atoms. The van der Waals surface area contributed by atoms with E-state index in [0.29, 0.717) is 19.3 Å². The second kappa shape index (κ2) is 4.83. The van der Waals surface area contributed by atoms with Gasteiger partial charge in [0.05, 0.1) is 23.7 Å². The molecule has 0 heterocycles. The van der Waals surface area contributed by atoms with Gasteiger partial charge in [0.2, 0.25) is 0 Å². The van der Waals surface area contributed by atoms with E-state index < -0.39 is 17.6 Å². The number of aliphatic hydroxyl groups excluding tert-OH is 3. The number of carbonyl (C=O) groups is 1. The molecule has 9 atom stereocenters. The summed E-state index contributed by atoms with van der Waals surface area (Å²) in [4.78, 5) is 13.2. The Morgan fingerprint density at radius 1 is 1.04 bits per heavy atom. The summed E-state index contributed by atoms with van der Waals surface area (Å²) < 4.78 is 0. The number of aliphatic hydroxyl groups is 3. The van der Waals surface area contributed by atoms with Gasteiger partial charge >= 0.3 is 0 Å². The Morgan fingerprint density at radius 2 is 1.71 bits per heavy atom. The first-order valence-electron chi connectivity index (χ1n) is 9.65. The largest absolute Gasteiger partial charge is 0.393 e. The van der Waals surface area contributed by atoms with Gasteiger partial charge in [-0.3, -0.25) is 4.79 Å². The lowest BCUT2D eigenvalue weighted by atomic mass is 9.39. The number of Topliss-reactive ketones (excluding diaryl/α,β-unsaturated/α-hetero) is 1. The molecule has 0 aliphatic heterocycles. The van der Waals surface area contributed by atoms with E-state index in [4.69, 9.17) is 0 Å². The Labute approximate surface area is 144 Å². The summed E-state index contributed by atoms with van der Waals surface area (Å²) in [6, 6.07) is 0. The fraction of sp³-hybridized carbons (Fsp3) is 0.950. The minimum Gasteiger partial charge on any atom is -0.393 e. The second-order valence-electron chi connectivity index (χ2n) is 10.1. The maximum absolute atomic E-state index is 13.2. The fourth-order valence-corrected chi connectivity index (χ4v) is 7.70. The zero-order chi connectivity index (χ0) is 17.7. The van der Waals surface area contributed by atoms with E-state index in [1.807, 2.05) is 6.92 Å². The predicted molar refractivity (Wildman–Crippen MR) is 90.1 cm³/mol. The first-order valence-corrected chi connectivity index (χ1v) is 9.65. The molecule has 0 radical (unpaired) electrons. The molecular formula is C20H32O4. The molecule has 4 aliphatic carbocycles. The van der Waals surface area contributed by atoms with E-state index in [9.17, 15) is 20.1 Å². The van der Waals surface area contributed by atoms with E-state index >= 15 is 0 Å². The molecule has 4 rings (SSSR count). The smallest absolute Gasteiger partial charge is 0.145 e. The Balaban J connectivity index is 1.86. The van der Waals surface area contributed by atoms with Gasteiger partial charge in [0.25, 0.3) is 0 Å². The number of carbonyl (C=O) groups excluding carboxylic acids is 1. The highest BCUT2D eigenvalue weighted by Gasteiger charge is 2.73. The highest BCUT2D eigenvalue weighted by atomic mass is 16.3. The maximum Gasteiger partial charge on any atom is 0.145 e. The lowest BCUT2D eigenvalue weighted by Gasteiger charge is -2.66. The van der Waals surface area contributed by atoms with Crippen LogP contribution in [0.1, 0.15) is 59.8 Å². The molecule has 136 valence electrons. The van der Waals surface area contributed by atoms with Gasteiger partial charge in [-0.25, -0.2) is 0 Å². The summed E-state index contributed by atoms with van der Waals surface area (Å²) in [5.74, 6) is 0.279. The molecule has 4 nitrogen and oxygen atoms in total. The third kappa shape index (κ3) is 1.73. The topological polar surface area (TPSA) is 77.8 Å². The maximum atomic E-state index is 13.2. The molecule has 4 aliphatic rings. The molecule has 0 aromatic heterocycles. The summed E-state index contributed by atoms with van der Waals surface area (Å²) >= 11 is 0. The van der Waals surface area contributed by atoms with Gasteiger partial charge in [-0.2, -0.15) is 0 Å². The van der Waals surface area contributed by atoms with Gasteiger partial charge in [-0.15, -0.1) is 0 Å². The number of hydrogen-bond donors (Lipinski definition) is 3. The van der Waals surface area contributed by atoms with E-state index in [1.165, 1.54) is 0 Å². The van der Waals surface area contributed by atoms with Crippen LogP contribution in [0.25, 0.3) is 0 Å². The molecule has 4 saturated carbocycles. The molecule has 1 spiro atoms. The van der Waals surface area contributed by atoms with Crippen molar-refractivity contribution in [2.75, 3.05) is 0 Å². The van der Waals surface area contributed by atoms with E-state index in [0.717, 1.165) is 12.8 Å². The molecule has 0 unspecified atom stereocenters. The highest BCUT2D eigenvalue weighted by Crippen LogP contribution is 2.71. The van der Waals surface area contributed by atoms with E-state index in [1.54, 1.807) is 0 Å². The molecule has 0 aromatic carbocycles. The minimum atomic E-state index is -0.759. The lowest BCUT2D eigenvalue weighted by Crippen LogP contribution is -2.67. The number of rotatable bonds is 0. The second-order valence-corrected chi connectivity index (χ2v) is 10.1. The monoisotopic (exact) mass is 336 g/mol. The first-order chi connectivity index (χ1) is 11.1. The summed E-state index contributed by atoms with van der Waals surface area (Å²) in [6.07, 6.45) is 1.91. The van der Waals surface area contributed by atoms with Gasteiger partial charge in [0.1, 0.15) is 5.78 Å². The van der Waals surface area contributed by atoms with Crippen molar-refractivity contribution in [1.29, 1.82) is 0 Å². The van der Waals surface area contributed by atoms with Crippen molar-refractivity contribution in [1.82, 2.24) is 0 Å². The van der Waals surface area contributed by atoms with Crippen LogP contribution in [0.2, 0.25) is 0 Å². The van der Waals surface area contributed by atoms with Crippen molar-refractivity contribution in [2.45, 2.75) is 78.1 Å². The van der Waals surface area contributed by atoms with Crippen LogP contribution in [0.4, 0.5) is 0 Å². The Morgan fingerprint density at radius 3 is 2.38 bits per heavy atom. The summed E-state index contributed by atoms with van der Waals surface area (Å²) in [5, 5.41) is 32.7. The summed E-state index contributed by atoms with van der Waals surface area (Å²) in [7, 11) is 0. The Bertz CT molecular complexity index is 572. The average molecular weight is 336 g/mol. The zero-order valence-electron chi connectivity index (χ0n) is 15.3. The third-order valence-electron chi connectivity index (χ3n) is 8.94. The molecule has 4 fully saturated rings. The molecule has 0 amide bonds. The van der Waals surface area contributed by atoms with Crippen LogP contribution in [-0.4, -0.2) is 39.4 Å². The van der Waals surface area contributed by atoms with E-state index in [2.05, 4.69) is 20.8 Å². The fourth-order valence-electron chi connectivity index (χ4n) is 7.70. The Hall–Kier alpha value is -0.450. The van der Waals surface area contributed by atoms with Crippen molar-refractivity contribution >= 4 is 5.78 Å². The van der Waals surface area contributed by atoms with Gasteiger partial charge < -0.3 is 15.3 Å². The van der Waals surface area contributed by atoms with Gasteiger partial charge in [-0.1, -0.05) is 27.7 Å². The van der Waals surface area contributed by atoms with Crippen LogP contribution in [0.15, 0.2) is 0 Å². The standard InChI is InChI=1S/C20H32O4/c1-10-11-7-12(21)16-19(4)6-5-14(22)18(2,3)13(19)8-15(23)20(16,9-11)17(10)24/h10-16,21-23H,5-9H2,1-4H3/t10-,11-,12+,13-,14-,15-,16+,19-,20+/m1/s1. The molecule has 0 aromatic rings. The molecule has 0 saturated heterocycles. The normalized spacial score (nSPS) is 59.0. The molecule has 4 heteroatoms. The van der Waals surface area contributed by atoms with Crippen molar-refractivity contribution in [3.8, 4) is 0 Å². The first kappa shape index (κ1) is 17.0. The number of ketones is 1.